The van der Waals surface area contributed by atoms with Gasteiger partial charge in [-0.05, 0) is 43.2 Å². The van der Waals surface area contributed by atoms with E-state index in [-0.39, 0.29) is 35.6 Å². The third-order valence-corrected chi connectivity index (χ3v) is 3.57. The lowest BCUT2D eigenvalue weighted by molar-refractivity contribution is 0.306. The van der Waals surface area contributed by atoms with Gasteiger partial charge in [-0.2, -0.15) is 0 Å². The minimum absolute atomic E-state index is 0. The van der Waals surface area contributed by atoms with Crippen LogP contribution >= 0.6 is 24.0 Å². The van der Waals surface area contributed by atoms with Crippen LogP contribution in [0.25, 0.3) is 0 Å². The lowest BCUT2D eigenvalue weighted by Gasteiger charge is -2.12. The van der Waals surface area contributed by atoms with Gasteiger partial charge >= 0.3 is 0 Å². The summed E-state index contributed by atoms with van der Waals surface area (Å²) in [6.07, 6.45) is 1.75. The maximum atomic E-state index is 13.6. The van der Waals surface area contributed by atoms with Gasteiger partial charge in [0.1, 0.15) is 17.4 Å². The highest BCUT2D eigenvalue weighted by Gasteiger charge is 2.02. The van der Waals surface area contributed by atoms with E-state index in [0.717, 1.165) is 19.4 Å². The second-order valence-electron chi connectivity index (χ2n) is 5.45. The summed E-state index contributed by atoms with van der Waals surface area (Å²) in [5.74, 6) is 0.786. The van der Waals surface area contributed by atoms with Crippen LogP contribution in [0.1, 0.15) is 18.4 Å². The van der Waals surface area contributed by atoms with Crippen LogP contribution in [0.15, 0.2) is 53.5 Å². The monoisotopic (exact) mass is 475 g/mol. The molecule has 0 fully saturated rings. The number of hydrogen-bond acceptors (Lipinski definition) is 2. The number of ether oxygens (including phenoxy) is 1. The first-order valence-corrected chi connectivity index (χ1v) is 8.25. The summed E-state index contributed by atoms with van der Waals surface area (Å²) in [5.41, 5.74) is 0.596. The number of guanidine groups is 1. The predicted octanol–water partition coefficient (Wildman–Crippen LogP) is 4.11. The topological polar surface area (TPSA) is 45.7 Å². The van der Waals surface area contributed by atoms with Crippen LogP contribution in [-0.2, 0) is 6.54 Å². The maximum Gasteiger partial charge on any atom is 0.191 e. The second-order valence-corrected chi connectivity index (χ2v) is 5.45. The minimum Gasteiger partial charge on any atom is -0.494 e. The van der Waals surface area contributed by atoms with Gasteiger partial charge in [-0.25, -0.2) is 8.78 Å². The zero-order chi connectivity index (χ0) is 17.9. The fourth-order valence-corrected chi connectivity index (χ4v) is 2.20. The Labute approximate surface area is 170 Å². The molecule has 0 amide bonds. The summed E-state index contributed by atoms with van der Waals surface area (Å²) >= 11 is 0. The van der Waals surface area contributed by atoms with Gasteiger partial charge in [0.05, 0.1) is 6.61 Å². The number of aliphatic imine (C=N–C) groups is 1. The molecular weight excluding hydrogens is 451 g/mol. The quantitative estimate of drug-likeness (QED) is 0.262. The Hall–Kier alpha value is -1.90. The highest BCUT2D eigenvalue weighted by molar-refractivity contribution is 14.0. The number of unbranched alkanes of at least 4 members (excludes halogenated alkanes) is 1. The third-order valence-electron chi connectivity index (χ3n) is 3.57. The smallest absolute Gasteiger partial charge is 0.191 e. The molecule has 2 rings (SSSR count). The normalized spacial score (nSPS) is 10.8. The maximum absolute atomic E-state index is 13.6. The van der Waals surface area contributed by atoms with Gasteiger partial charge in [0.25, 0.3) is 0 Å². The van der Waals surface area contributed by atoms with Gasteiger partial charge in [0, 0.05) is 25.7 Å². The zero-order valence-electron chi connectivity index (χ0n) is 14.7. The Balaban J connectivity index is 0.00000338. The van der Waals surface area contributed by atoms with Crippen molar-refractivity contribution in [2.75, 3.05) is 20.2 Å². The van der Waals surface area contributed by atoms with Crippen molar-refractivity contribution in [2.24, 2.45) is 4.99 Å². The first kappa shape index (κ1) is 22.1. The molecule has 0 aliphatic carbocycles. The van der Waals surface area contributed by atoms with E-state index in [9.17, 15) is 8.78 Å². The molecule has 0 saturated heterocycles. The molecule has 2 N–H and O–H groups in total. The number of halogens is 3. The van der Waals surface area contributed by atoms with Crippen LogP contribution in [0.2, 0.25) is 0 Å². The summed E-state index contributed by atoms with van der Waals surface area (Å²) < 4.78 is 31.9. The summed E-state index contributed by atoms with van der Waals surface area (Å²) in [5, 5.41) is 6.26. The van der Waals surface area contributed by atoms with Crippen LogP contribution in [-0.4, -0.2) is 26.2 Å². The summed E-state index contributed by atoms with van der Waals surface area (Å²) in [6, 6.07) is 12.6. The number of nitrogens with one attached hydrogen (secondary N) is 2. The van der Waals surface area contributed by atoms with Crippen LogP contribution in [0.5, 0.6) is 5.75 Å². The van der Waals surface area contributed by atoms with Gasteiger partial charge in [0.15, 0.2) is 5.96 Å². The number of rotatable bonds is 8. The lowest BCUT2D eigenvalue weighted by Crippen LogP contribution is -2.37. The molecule has 7 heteroatoms. The Kier molecular flexibility index (Phi) is 10.6. The van der Waals surface area contributed by atoms with Gasteiger partial charge < -0.3 is 15.4 Å². The highest BCUT2D eigenvalue weighted by Crippen LogP contribution is 2.11. The molecule has 0 saturated carbocycles. The molecule has 2 aromatic carbocycles. The molecule has 0 bridgehead atoms. The zero-order valence-corrected chi connectivity index (χ0v) is 17.0. The molecule has 0 aliphatic heterocycles. The SMILES string of the molecule is CN=C(NCCCCOc1ccc(F)cc1)NCc1ccccc1F.I. The van der Waals surface area contributed by atoms with E-state index in [1.54, 1.807) is 37.4 Å². The highest BCUT2D eigenvalue weighted by atomic mass is 127. The molecule has 0 aromatic heterocycles. The first-order valence-electron chi connectivity index (χ1n) is 8.25. The second kappa shape index (κ2) is 12.5. The van der Waals surface area contributed by atoms with Crippen LogP contribution in [0, 0.1) is 11.6 Å². The molecule has 0 radical (unpaired) electrons. The van der Waals surface area contributed by atoms with Crippen molar-refractivity contribution in [1.29, 1.82) is 0 Å². The van der Waals surface area contributed by atoms with Crippen molar-refractivity contribution < 1.29 is 13.5 Å². The number of hydrogen-bond donors (Lipinski definition) is 2. The Bertz CT molecular complexity index is 681. The molecule has 0 unspecified atom stereocenters. The molecule has 2 aromatic rings. The van der Waals surface area contributed by atoms with Gasteiger partial charge in [-0.3, -0.25) is 4.99 Å². The fraction of sp³-hybridized carbons (Fsp3) is 0.316. The average molecular weight is 475 g/mol. The minimum atomic E-state index is -0.272. The third kappa shape index (κ3) is 7.99. The Morgan fingerprint density at radius 2 is 1.73 bits per heavy atom. The molecular formula is C19H24F2IN3O. The van der Waals surface area contributed by atoms with Crippen molar-refractivity contribution in [3.05, 3.63) is 65.7 Å². The van der Waals surface area contributed by atoms with E-state index >= 15 is 0 Å². The Morgan fingerprint density at radius 1 is 1.00 bits per heavy atom. The summed E-state index contributed by atoms with van der Waals surface area (Å²) in [6.45, 7) is 1.66. The van der Waals surface area contributed by atoms with Crippen molar-refractivity contribution in [3.63, 3.8) is 0 Å². The van der Waals surface area contributed by atoms with Gasteiger partial charge in [0.2, 0.25) is 0 Å². The van der Waals surface area contributed by atoms with E-state index in [4.69, 9.17) is 4.74 Å². The van der Waals surface area contributed by atoms with E-state index in [1.165, 1.54) is 18.2 Å². The largest absolute Gasteiger partial charge is 0.494 e. The van der Waals surface area contributed by atoms with Crippen molar-refractivity contribution in [1.82, 2.24) is 10.6 Å². The lowest BCUT2D eigenvalue weighted by atomic mass is 10.2. The van der Waals surface area contributed by atoms with Gasteiger partial charge in [-0.15, -0.1) is 24.0 Å². The van der Waals surface area contributed by atoms with E-state index in [2.05, 4.69) is 15.6 Å². The van der Waals surface area contributed by atoms with E-state index in [1.807, 2.05) is 0 Å². The van der Waals surface area contributed by atoms with Crippen LogP contribution in [0.3, 0.4) is 0 Å². The van der Waals surface area contributed by atoms with Gasteiger partial charge in [-0.1, -0.05) is 18.2 Å². The molecule has 0 atom stereocenters. The van der Waals surface area contributed by atoms with E-state index in [0.29, 0.717) is 30.4 Å². The molecule has 4 nitrogen and oxygen atoms in total. The van der Waals surface area contributed by atoms with E-state index < -0.39 is 0 Å². The summed E-state index contributed by atoms with van der Waals surface area (Å²) in [4.78, 5) is 4.11. The number of nitrogens with zero attached hydrogens (tertiary/aromatic N) is 1. The molecule has 0 spiro atoms. The fourth-order valence-electron chi connectivity index (χ4n) is 2.20. The number of benzene rings is 2. The summed E-state index contributed by atoms with van der Waals surface area (Å²) in [7, 11) is 1.67. The van der Waals surface area contributed by atoms with Crippen molar-refractivity contribution in [2.45, 2.75) is 19.4 Å². The van der Waals surface area contributed by atoms with Crippen molar-refractivity contribution >= 4 is 29.9 Å². The molecule has 0 heterocycles. The van der Waals surface area contributed by atoms with Crippen LogP contribution < -0.4 is 15.4 Å². The van der Waals surface area contributed by atoms with Crippen molar-refractivity contribution in [3.8, 4) is 5.75 Å². The molecule has 0 aliphatic rings. The molecule has 142 valence electrons. The predicted molar refractivity (Wildman–Crippen MR) is 111 cm³/mol. The first-order chi connectivity index (χ1) is 12.2. The molecule has 26 heavy (non-hydrogen) atoms. The Morgan fingerprint density at radius 3 is 2.42 bits per heavy atom. The average Bonchev–Trinajstić information content (AvgIpc) is 2.63. The standard InChI is InChI=1S/C19H23F2N3O.HI/c1-22-19(24-14-15-6-2-3-7-18(15)21)23-12-4-5-13-25-17-10-8-16(20)9-11-17;/h2-3,6-11H,4-5,12-14H2,1H3,(H2,22,23,24);1H. The van der Waals surface area contributed by atoms with Crippen LogP contribution in [0.4, 0.5) is 8.78 Å².